The van der Waals surface area contributed by atoms with Crippen molar-refractivity contribution in [2.45, 2.75) is 45.2 Å². The molecular weight excluding hydrogens is 492 g/mol. The Hall–Kier alpha value is -3.75. The van der Waals surface area contributed by atoms with Crippen molar-refractivity contribution in [3.8, 4) is 5.75 Å². The Kier molecular flexibility index (Phi) is 10.9. The molecule has 1 aromatic heterocycles. The topological polar surface area (TPSA) is 92.8 Å². The maximum atomic E-state index is 13.5. The van der Waals surface area contributed by atoms with Crippen LogP contribution in [0, 0.1) is 0 Å². The predicted octanol–water partition coefficient (Wildman–Crippen LogP) is 4.74. The summed E-state index contributed by atoms with van der Waals surface area (Å²) >= 11 is 0. The summed E-state index contributed by atoms with van der Waals surface area (Å²) in [6, 6.07) is 16.8. The monoisotopic (exact) mass is 530 g/mol. The van der Waals surface area contributed by atoms with Gasteiger partial charge in [-0.15, -0.1) is 0 Å². The van der Waals surface area contributed by atoms with Crippen LogP contribution in [-0.2, 0) is 17.8 Å². The SMILES string of the molecule is COCCOc1cccc(CNC(=O)c2ccc3c(c2)CNCCCCCCCN3C(=O)c2cccnc2)c1. The van der Waals surface area contributed by atoms with Gasteiger partial charge in [-0.25, -0.2) is 0 Å². The second kappa shape index (κ2) is 15.0. The highest BCUT2D eigenvalue weighted by Gasteiger charge is 2.22. The van der Waals surface area contributed by atoms with E-state index in [4.69, 9.17) is 9.47 Å². The molecule has 0 saturated carbocycles. The van der Waals surface area contributed by atoms with E-state index < -0.39 is 0 Å². The van der Waals surface area contributed by atoms with Crippen LogP contribution in [0.3, 0.4) is 0 Å². The number of amides is 2. The lowest BCUT2D eigenvalue weighted by Gasteiger charge is -2.26. The molecular formula is C31H38N4O4. The number of hydrogen-bond donors (Lipinski definition) is 2. The van der Waals surface area contributed by atoms with E-state index in [-0.39, 0.29) is 11.8 Å². The highest BCUT2D eigenvalue weighted by Crippen LogP contribution is 2.26. The lowest BCUT2D eigenvalue weighted by atomic mass is 10.0. The molecule has 0 aliphatic carbocycles. The van der Waals surface area contributed by atoms with Crippen LogP contribution in [-0.4, -0.2) is 50.2 Å². The molecule has 2 amide bonds. The zero-order valence-electron chi connectivity index (χ0n) is 22.7. The van der Waals surface area contributed by atoms with Gasteiger partial charge in [0.05, 0.1) is 12.2 Å². The Balaban J connectivity index is 1.52. The van der Waals surface area contributed by atoms with Crippen LogP contribution in [0.15, 0.2) is 67.0 Å². The van der Waals surface area contributed by atoms with E-state index in [0.717, 1.165) is 61.2 Å². The zero-order chi connectivity index (χ0) is 27.3. The number of nitrogens with one attached hydrogen (secondary N) is 2. The zero-order valence-corrected chi connectivity index (χ0v) is 22.7. The molecule has 39 heavy (non-hydrogen) atoms. The Bertz CT molecular complexity index is 1220. The van der Waals surface area contributed by atoms with Gasteiger partial charge in [0.25, 0.3) is 11.8 Å². The van der Waals surface area contributed by atoms with Crippen LogP contribution in [0.5, 0.6) is 5.75 Å². The van der Waals surface area contributed by atoms with Crippen molar-refractivity contribution in [3.05, 3.63) is 89.2 Å². The number of nitrogens with zero attached hydrogens (tertiary/aromatic N) is 2. The average Bonchev–Trinajstić information content (AvgIpc) is 2.97. The van der Waals surface area contributed by atoms with Crippen molar-refractivity contribution < 1.29 is 19.1 Å². The molecule has 2 aromatic carbocycles. The van der Waals surface area contributed by atoms with Gasteiger partial charge in [-0.05, 0) is 73.0 Å². The van der Waals surface area contributed by atoms with E-state index >= 15 is 0 Å². The molecule has 8 nitrogen and oxygen atoms in total. The van der Waals surface area contributed by atoms with Crippen LogP contribution in [0.4, 0.5) is 5.69 Å². The fourth-order valence-corrected chi connectivity index (χ4v) is 4.65. The molecule has 206 valence electrons. The van der Waals surface area contributed by atoms with Crippen LogP contribution < -0.4 is 20.3 Å². The van der Waals surface area contributed by atoms with Crippen molar-refractivity contribution in [1.29, 1.82) is 0 Å². The minimum atomic E-state index is -0.167. The van der Waals surface area contributed by atoms with Crippen molar-refractivity contribution in [2.75, 3.05) is 38.3 Å². The number of benzene rings is 2. The second-order valence-corrected chi connectivity index (χ2v) is 9.66. The lowest BCUT2D eigenvalue weighted by Crippen LogP contribution is -2.34. The molecule has 3 aromatic rings. The number of pyridine rings is 1. The Labute approximate surface area is 230 Å². The highest BCUT2D eigenvalue weighted by molar-refractivity contribution is 6.06. The van der Waals surface area contributed by atoms with Gasteiger partial charge in [-0.3, -0.25) is 14.6 Å². The van der Waals surface area contributed by atoms with E-state index in [0.29, 0.717) is 44.0 Å². The van der Waals surface area contributed by atoms with E-state index in [1.165, 1.54) is 0 Å². The Morgan fingerprint density at radius 3 is 2.69 bits per heavy atom. The molecule has 0 spiro atoms. The van der Waals surface area contributed by atoms with E-state index in [9.17, 15) is 9.59 Å². The minimum Gasteiger partial charge on any atom is -0.491 e. The maximum absolute atomic E-state index is 13.5. The molecule has 0 saturated heterocycles. The summed E-state index contributed by atoms with van der Waals surface area (Å²) in [5.74, 6) is 0.494. The van der Waals surface area contributed by atoms with Gasteiger partial charge in [0.1, 0.15) is 12.4 Å². The molecule has 1 aliphatic rings. The third-order valence-corrected chi connectivity index (χ3v) is 6.74. The number of anilines is 1. The number of hydrogen-bond acceptors (Lipinski definition) is 6. The number of rotatable bonds is 8. The second-order valence-electron chi connectivity index (χ2n) is 9.66. The molecule has 0 bridgehead atoms. The maximum Gasteiger partial charge on any atom is 0.259 e. The van der Waals surface area contributed by atoms with Crippen molar-refractivity contribution in [2.24, 2.45) is 0 Å². The van der Waals surface area contributed by atoms with Crippen LogP contribution in [0.1, 0.15) is 63.9 Å². The van der Waals surface area contributed by atoms with E-state index in [1.54, 1.807) is 37.7 Å². The number of aromatic nitrogens is 1. The molecule has 2 heterocycles. The third kappa shape index (κ3) is 8.37. The van der Waals surface area contributed by atoms with Crippen molar-refractivity contribution in [3.63, 3.8) is 0 Å². The largest absolute Gasteiger partial charge is 0.491 e. The summed E-state index contributed by atoms with van der Waals surface area (Å²) in [5.41, 5.74) is 3.81. The van der Waals surface area contributed by atoms with E-state index in [2.05, 4.69) is 15.6 Å². The molecule has 0 fully saturated rings. The molecule has 1 aliphatic heterocycles. The first-order chi connectivity index (χ1) is 19.2. The molecule has 0 radical (unpaired) electrons. The van der Waals surface area contributed by atoms with Gasteiger partial charge >= 0.3 is 0 Å². The van der Waals surface area contributed by atoms with Gasteiger partial charge in [0.2, 0.25) is 0 Å². The number of fused-ring (bicyclic) bond motifs is 1. The summed E-state index contributed by atoms with van der Waals surface area (Å²) in [6.45, 7) is 3.45. The van der Waals surface area contributed by atoms with Crippen molar-refractivity contribution >= 4 is 17.5 Å². The summed E-state index contributed by atoms with van der Waals surface area (Å²) in [4.78, 5) is 32.7. The molecule has 4 rings (SSSR count). The van der Waals surface area contributed by atoms with Crippen LogP contribution in [0.25, 0.3) is 0 Å². The lowest BCUT2D eigenvalue weighted by molar-refractivity contribution is 0.0949. The number of carbonyl (C=O) groups excluding carboxylic acids is 2. The first-order valence-electron chi connectivity index (χ1n) is 13.7. The molecule has 0 unspecified atom stereocenters. The fraction of sp³-hybridized carbons (Fsp3) is 0.387. The smallest absolute Gasteiger partial charge is 0.259 e. The summed E-state index contributed by atoms with van der Waals surface area (Å²) < 4.78 is 10.7. The van der Waals surface area contributed by atoms with E-state index in [1.807, 2.05) is 41.3 Å². The summed E-state index contributed by atoms with van der Waals surface area (Å²) in [5, 5.41) is 6.52. The molecule has 0 atom stereocenters. The van der Waals surface area contributed by atoms with Gasteiger partial charge in [0, 0.05) is 50.4 Å². The number of carbonyl (C=O) groups is 2. The van der Waals surface area contributed by atoms with Gasteiger partial charge in [0.15, 0.2) is 0 Å². The third-order valence-electron chi connectivity index (χ3n) is 6.74. The van der Waals surface area contributed by atoms with Crippen LogP contribution >= 0.6 is 0 Å². The minimum absolute atomic E-state index is 0.0776. The average molecular weight is 531 g/mol. The molecule has 2 N–H and O–H groups in total. The Morgan fingerprint density at radius 1 is 0.974 bits per heavy atom. The highest BCUT2D eigenvalue weighted by atomic mass is 16.5. The summed E-state index contributed by atoms with van der Waals surface area (Å²) in [6.07, 6.45) is 8.71. The predicted molar refractivity (Wildman–Crippen MR) is 152 cm³/mol. The first kappa shape index (κ1) is 28.3. The Morgan fingerprint density at radius 2 is 1.85 bits per heavy atom. The molecule has 8 heteroatoms. The first-order valence-corrected chi connectivity index (χ1v) is 13.7. The standard InChI is InChI=1S/C31H38N4O4/c1-38-17-18-39-28-11-7-9-24(19-28)21-34-30(36)25-12-13-29-27(20-25)23-32-14-5-3-2-4-6-16-35(29)31(37)26-10-8-15-33-22-26/h7-13,15,19-20,22,32H,2-6,14,16-18,21,23H2,1H3,(H,34,36). The van der Waals surface area contributed by atoms with Crippen molar-refractivity contribution in [1.82, 2.24) is 15.6 Å². The summed E-state index contributed by atoms with van der Waals surface area (Å²) in [7, 11) is 1.64. The van der Waals surface area contributed by atoms with Gasteiger partial charge < -0.3 is 25.0 Å². The quantitative estimate of drug-likeness (QED) is 0.409. The fourth-order valence-electron chi connectivity index (χ4n) is 4.65. The number of ether oxygens (including phenoxy) is 2. The number of methoxy groups -OCH3 is 1. The van der Waals surface area contributed by atoms with Crippen LogP contribution in [0.2, 0.25) is 0 Å². The van der Waals surface area contributed by atoms with Gasteiger partial charge in [-0.1, -0.05) is 31.4 Å². The normalized spacial score (nSPS) is 14.4. The van der Waals surface area contributed by atoms with Gasteiger partial charge in [-0.2, -0.15) is 0 Å².